The minimum atomic E-state index is -0.893. The lowest BCUT2D eigenvalue weighted by molar-refractivity contribution is -0.141. The fourth-order valence-electron chi connectivity index (χ4n) is 1.55. The van der Waals surface area contributed by atoms with Gasteiger partial charge in [0.05, 0.1) is 13.0 Å². The van der Waals surface area contributed by atoms with Gasteiger partial charge in [-0.1, -0.05) is 19.1 Å². The molecule has 3 nitrogen and oxygen atoms in total. The first kappa shape index (κ1) is 12.5. The molecule has 88 valence electrons. The van der Waals surface area contributed by atoms with Gasteiger partial charge in [-0.3, -0.25) is 4.79 Å². The van der Waals surface area contributed by atoms with Crippen molar-refractivity contribution >= 4 is 5.97 Å². The smallest absolute Gasteiger partial charge is 0.306 e. The maximum Gasteiger partial charge on any atom is 0.306 e. The summed E-state index contributed by atoms with van der Waals surface area (Å²) in [6.45, 7) is 0.982. The van der Waals surface area contributed by atoms with Crippen LogP contribution in [0.1, 0.15) is 18.1 Å². The van der Waals surface area contributed by atoms with Gasteiger partial charge in [0.15, 0.2) is 0 Å². The van der Waals surface area contributed by atoms with Gasteiger partial charge in [-0.05, 0) is 18.1 Å². The highest BCUT2D eigenvalue weighted by molar-refractivity contribution is 5.70. The van der Waals surface area contributed by atoms with Crippen molar-refractivity contribution in [1.82, 2.24) is 0 Å². The first-order chi connectivity index (χ1) is 7.60. The first-order valence-corrected chi connectivity index (χ1v) is 5.03. The first-order valence-electron chi connectivity index (χ1n) is 5.03. The van der Waals surface area contributed by atoms with Crippen molar-refractivity contribution in [3.63, 3.8) is 0 Å². The van der Waals surface area contributed by atoms with E-state index in [4.69, 9.17) is 9.84 Å². The molecule has 0 aliphatic rings. The summed E-state index contributed by atoms with van der Waals surface area (Å²) < 4.78 is 17.9. The fourth-order valence-corrected chi connectivity index (χ4v) is 1.55. The van der Waals surface area contributed by atoms with Gasteiger partial charge in [0.25, 0.3) is 0 Å². The number of carboxylic acids is 1. The normalized spacial score (nSPS) is 12.2. The molecule has 1 aromatic carbocycles. The van der Waals surface area contributed by atoms with E-state index in [0.29, 0.717) is 16.9 Å². The van der Waals surface area contributed by atoms with Gasteiger partial charge >= 0.3 is 5.97 Å². The molecule has 1 aromatic rings. The van der Waals surface area contributed by atoms with Crippen LogP contribution in [0.25, 0.3) is 0 Å². The van der Waals surface area contributed by atoms with Crippen LogP contribution in [0.2, 0.25) is 0 Å². The Morgan fingerprint density at radius 2 is 2.25 bits per heavy atom. The topological polar surface area (TPSA) is 46.5 Å². The van der Waals surface area contributed by atoms with Crippen LogP contribution in [0.15, 0.2) is 18.2 Å². The molecule has 1 rings (SSSR count). The Labute approximate surface area is 93.9 Å². The molecule has 0 radical (unpaired) electrons. The molecule has 0 bridgehead atoms. The summed E-state index contributed by atoms with van der Waals surface area (Å²) in [4.78, 5) is 10.8. The predicted octanol–water partition coefficient (Wildman–Crippen LogP) is 2.43. The van der Waals surface area contributed by atoms with Crippen molar-refractivity contribution in [2.45, 2.75) is 20.0 Å². The number of aliphatic carboxylic acids is 1. The molecule has 0 fully saturated rings. The van der Waals surface area contributed by atoms with Gasteiger partial charge in [-0.2, -0.15) is 0 Å². The Morgan fingerprint density at radius 1 is 1.56 bits per heavy atom. The van der Waals surface area contributed by atoms with E-state index in [9.17, 15) is 9.18 Å². The van der Waals surface area contributed by atoms with E-state index in [2.05, 4.69) is 0 Å². The van der Waals surface area contributed by atoms with Crippen molar-refractivity contribution < 1.29 is 19.0 Å². The number of hydrogen-bond acceptors (Lipinski definition) is 2. The van der Waals surface area contributed by atoms with Gasteiger partial charge in [0.2, 0.25) is 0 Å². The minimum Gasteiger partial charge on any atom is -0.496 e. The number of carbonyl (C=O) groups is 1. The number of halogens is 1. The van der Waals surface area contributed by atoms with Crippen LogP contribution in [-0.2, 0) is 17.9 Å². The second-order valence-electron chi connectivity index (χ2n) is 3.67. The highest BCUT2D eigenvalue weighted by Crippen LogP contribution is 2.26. The van der Waals surface area contributed by atoms with E-state index in [1.54, 1.807) is 25.1 Å². The Hall–Kier alpha value is -1.58. The van der Waals surface area contributed by atoms with Crippen LogP contribution in [-0.4, -0.2) is 18.2 Å². The number of hydrogen-bond donors (Lipinski definition) is 1. The summed E-state index contributed by atoms with van der Waals surface area (Å²) in [5.74, 6) is -0.902. The number of ether oxygens (including phenoxy) is 1. The zero-order chi connectivity index (χ0) is 12.1. The number of benzene rings is 1. The van der Waals surface area contributed by atoms with Gasteiger partial charge in [-0.25, -0.2) is 4.39 Å². The molecule has 0 aliphatic heterocycles. The van der Waals surface area contributed by atoms with E-state index in [1.165, 1.54) is 7.11 Å². The third-order valence-electron chi connectivity index (χ3n) is 2.53. The lowest BCUT2D eigenvalue weighted by Crippen LogP contribution is -2.14. The van der Waals surface area contributed by atoms with Crippen LogP contribution in [0, 0.1) is 5.92 Å². The molecule has 1 unspecified atom stereocenters. The molecule has 0 amide bonds. The van der Waals surface area contributed by atoms with Crippen molar-refractivity contribution in [1.29, 1.82) is 0 Å². The molecule has 1 atom stereocenters. The molecule has 0 heterocycles. The lowest BCUT2D eigenvalue weighted by atomic mass is 9.96. The van der Waals surface area contributed by atoms with Crippen LogP contribution in [0.3, 0.4) is 0 Å². The monoisotopic (exact) mass is 226 g/mol. The molecule has 4 heteroatoms. The number of carboxylic acid groups (broad SMARTS) is 1. The summed E-state index contributed by atoms with van der Waals surface area (Å²) >= 11 is 0. The average molecular weight is 226 g/mol. The SMILES string of the molecule is COc1cccc(CF)c1CC(C)C(=O)O. The van der Waals surface area contributed by atoms with Crippen LogP contribution in [0.4, 0.5) is 4.39 Å². The maximum atomic E-state index is 12.8. The third-order valence-corrected chi connectivity index (χ3v) is 2.53. The molecule has 0 spiro atoms. The summed E-state index contributed by atoms with van der Waals surface area (Å²) in [6, 6.07) is 5.05. The zero-order valence-corrected chi connectivity index (χ0v) is 9.37. The Balaban J connectivity index is 3.04. The number of methoxy groups -OCH3 is 1. The van der Waals surface area contributed by atoms with Crippen molar-refractivity contribution in [3.8, 4) is 5.75 Å². The lowest BCUT2D eigenvalue weighted by Gasteiger charge is -2.14. The quantitative estimate of drug-likeness (QED) is 0.838. The van der Waals surface area contributed by atoms with Gasteiger partial charge in [0, 0.05) is 5.56 Å². The molecule has 0 aliphatic carbocycles. The summed E-state index contributed by atoms with van der Waals surface area (Å²) in [5, 5.41) is 8.84. The summed E-state index contributed by atoms with van der Waals surface area (Å²) in [7, 11) is 1.49. The molecular formula is C12H15FO3. The summed E-state index contributed by atoms with van der Waals surface area (Å²) in [6.07, 6.45) is 0.276. The van der Waals surface area contributed by atoms with Gasteiger partial charge in [-0.15, -0.1) is 0 Å². The van der Waals surface area contributed by atoms with E-state index in [1.807, 2.05) is 0 Å². The molecule has 1 N–H and O–H groups in total. The second kappa shape index (κ2) is 5.49. The van der Waals surface area contributed by atoms with E-state index in [-0.39, 0.29) is 6.42 Å². The predicted molar refractivity (Wildman–Crippen MR) is 58.3 cm³/mol. The fraction of sp³-hybridized carbons (Fsp3) is 0.417. The highest BCUT2D eigenvalue weighted by Gasteiger charge is 2.17. The molecular weight excluding hydrogens is 211 g/mol. The number of alkyl halides is 1. The Kier molecular flexibility index (Phi) is 4.28. The van der Waals surface area contributed by atoms with Crippen LogP contribution >= 0.6 is 0 Å². The highest BCUT2D eigenvalue weighted by atomic mass is 19.1. The van der Waals surface area contributed by atoms with Crippen LogP contribution in [0.5, 0.6) is 5.75 Å². The van der Waals surface area contributed by atoms with E-state index < -0.39 is 18.6 Å². The Morgan fingerprint density at radius 3 is 2.75 bits per heavy atom. The van der Waals surface area contributed by atoms with Crippen molar-refractivity contribution in [3.05, 3.63) is 29.3 Å². The van der Waals surface area contributed by atoms with Gasteiger partial charge < -0.3 is 9.84 Å². The minimum absolute atomic E-state index is 0.276. The Bertz CT molecular complexity index is 354. The molecule has 0 aromatic heterocycles. The number of rotatable bonds is 5. The van der Waals surface area contributed by atoms with Crippen molar-refractivity contribution in [2.75, 3.05) is 7.11 Å². The zero-order valence-electron chi connectivity index (χ0n) is 9.37. The standard InChI is InChI=1S/C12H15FO3/c1-8(12(14)15)6-10-9(7-13)4-3-5-11(10)16-2/h3-5,8H,6-7H2,1-2H3,(H,14,15). The largest absolute Gasteiger partial charge is 0.496 e. The van der Waals surface area contributed by atoms with Crippen molar-refractivity contribution in [2.24, 2.45) is 5.92 Å². The molecule has 16 heavy (non-hydrogen) atoms. The van der Waals surface area contributed by atoms with E-state index in [0.717, 1.165) is 0 Å². The maximum absolute atomic E-state index is 12.8. The average Bonchev–Trinajstić information content (AvgIpc) is 2.29. The molecule has 0 saturated heterocycles. The van der Waals surface area contributed by atoms with Crippen LogP contribution < -0.4 is 4.74 Å². The summed E-state index contributed by atoms with van der Waals surface area (Å²) in [5.41, 5.74) is 1.13. The third kappa shape index (κ3) is 2.72. The van der Waals surface area contributed by atoms with Gasteiger partial charge in [0.1, 0.15) is 12.4 Å². The second-order valence-corrected chi connectivity index (χ2v) is 3.67. The van der Waals surface area contributed by atoms with E-state index >= 15 is 0 Å². The molecule has 0 saturated carbocycles.